The Bertz CT molecular complexity index is 909. The van der Waals surface area contributed by atoms with Gasteiger partial charge in [-0.25, -0.2) is 9.97 Å². The normalized spacial score (nSPS) is 21.7. The molecule has 1 aromatic carbocycles. The maximum atomic E-state index is 12.2. The summed E-state index contributed by atoms with van der Waals surface area (Å²) in [7, 11) is 0. The minimum absolute atomic E-state index is 0.179. The number of Topliss-reactive ketones (excluding diaryl/α,β-unsaturated/α-hetero) is 1. The van der Waals surface area contributed by atoms with Crippen LogP contribution >= 0.6 is 0 Å². The number of hydrogen-bond donors (Lipinski definition) is 1. The Labute approximate surface area is 164 Å². The molecule has 3 aliphatic rings. The van der Waals surface area contributed by atoms with E-state index in [1.54, 1.807) is 6.20 Å². The van der Waals surface area contributed by atoms with Crippen LogP contribution < -0.4 is 19.3 Å². The number of nitrogens with zero attached hydrogens (tertiary/aromatic N) is 3. The van der Waals surface area contributed by atoms with Gasteiger partial charge in [-0.15, -0.1) is 0 Å². The summed E-state index contributed by atoms with van der Waals surface area (Å²) in [6.45, 7) is 7.30. The molecule has 1 N–H and O–H groups in total. The van der Waals surface area contributed by atoms with Gasteiger partial charge in [-0.2, -0.15) is 0 Å². The largest absolute Gasteiger partial charge is 0.454 e. The summed E-state index contributed by atoms with van der Waals surface area (Å²) in [5.74, 6) is 2.99. The molecule has 1 atom stereocenters. The van der Waals surface area contributed by atoms with Gasteiger partial charge in [-0.1, -0.05) is 6.92 Å². The zero-order valence-corrected chi connectivity index (χ0v) is 16.1. The fourth-order valence-electron chi connectivity index (χ4n) is 4.32. The van der Waals surface area contributed by atoms with Gasteiger partial charge in [0.05, 0.1) is 37.4 Å². The van der Waals surface area contributed by atoms with Crippen molar-refractivity contribution < 1.29 is 19.2 Å². The highest BCUT2D eigenvalue weighted by Gasteiger charge is 2.27. The van der Waals surface area contributed by atoms with Gasteiger partial charge >= 0.3 is 0 Å². The fourth-order valence-corrected chi connectivity index (χ4v) is 4.32. The lowest BCUT2D eigenvalue weighted by Crippen LogP contribution is -3.13. The number of carbonyl (C=O) groups is 1. The SMILES string of the molecule is C[C@H]1CC(=O)c2cnc(N3CC[NH+](Cc4ccc5c(c4)OCO5)CC3)nc2C1. The maximum absolute atomic E-state index is 12.2. The Morgan fingerprint density at radius 1 is 1.18 bits per heavy atom. The number of fused-ring (bicyclic) bond motifs is 2. The van der Waals surface area contributed by atoms with Gasteiger partial charge in [-0.3, -0.25) is 4.79 Å². The molecule has 2 aromatic rings. The number of rotatable bonds is 3. The lowest BCUT2D eigenvalue weighted by molar-refractivity contribution is -0.914. The second-order valence-corrected chi connectivity index (χ2v) is 8.07. The first-order valence-corrected chi connectivity index (χ1v) is 10.0. The van der Waals surface area contributed by atoms with Crippen molar-refractivity contribution in [2.45, 2.75) is 26.3 Å². The summed E-state index contributed by atoms with van der Waals surface area (Å²) >= 11 is 0. The van der Waals surface area contributed by atoms with Crippen LogP contribution in [0.25, 0.3) is 0 Å². The number of quaternary nitrogens is 1. The van der Waals surface area contributed by atoms with Gasteiger partial charge in [0.1, 0.15) is 6.54 Å². The molecule has 1 aliphatic carbocycles. The van der Waals surface area contributed by atoms with Crippen LogP contribution in [0.3, 0.4) is 0 Å². The average Bonchev–Trinajstić information content (AvgIpc) is 3.16. The van der Waals surface area contributed by atoms with Gasteiger partial charge in [0, 0.05) is 18.2 Å². The first-order valence-electron chi connectivity index (χ1n) is 10.0. The molecule has 0 saturated carbocycles. The van der Waals surface area contributed by atoms with Crippen LogP contribution in [-0.2, 0) is 13.0 Å². The molecule has 0 bridgehead atoms. The molecule has 146 valence electrons. The lowest BCUT2D eigenvalue weighted by atomic mass is 9.88. The minimum Gasteiger partial charge on any atom is -0.454 e. The summed E-state index contributed by atoms with van der Waals surface area (Å²) < 4.78 is 10.9. The molecule has 2 aliphatic heterocycles. The van der Waals surface area contributed by atoms with E-state index in [1.165, 1.54) is 10.5 Å². The van der Waals surface area contributed by atoms with Crippen LogP contribution in [0.4, 0.5) is 5.95 Å². The number of aromatic nitrogens is 2. The number of nitrogens with one attached hydrogen (secondary N) is 1. The predicted molar refractivity (Wildman–Crippen MR) is 103 cm³/mol. The smallest absolute Gasteiger partial charge is 0.231 e. The minimum atomic E-state index is 0.179. The standard InChI is InChI=1S/C21H24N4O3/c1-14-8-17-16(18(26)9-14)11-22-21(23-17)25-6-4-24(5-7-25)12-15-2-3-19-20(10-15)28-13-27-19/h2-3,10-11,14H,4-9,12-13H2,1H3/p+1/t14-/m1/s1. The Kier molecular flexibility index (Phi) is 4.39. The molecule has 1 saturated heterocycles. The Morgan fingerprint density at radius 2 is 2.00 bits per heavy atom. The van der Waals surface area contributed by atoms with Crippen molar-refractivity contribution in [1.82, 2.24) is 9.97 Å². The number of piperazine rings is 1. The molecule has 0 spiro atoms. The second-order valence-electron chi connectivity index (χ2n) is 8.07. The van der Waals surface area contributed by atoms with Crippen molar-refractivity contribution in [1.29, 1.82) is 0 Å². The number of benzene rings is 1. The third-order valence-corrected chi connectivity index (χ3v) is 5.88. The molecule has 1 aromatic heterocycles. The molecule has 0 radical (unpaired) electrons. The summed E-state index contributed by atoms with van der Waals surface area (Å²) in [6.07, 6.45) is 3.21. The van der Waals surface area contributed by atoms with E-state index in [9.17, 15) is 4.79 Å². The van der Waals surface area contributed by atoms with Crippen LogP contribution in [0.1, 0.15) is 35.0 Å². The molecule has 0 unspecified atom stereocenters. The third-order valence-electron chi connectivity index (χ3n) is 5.88. The summed E-state index contributed by atoms with van der Waals surface area (Å²) in [5, 5.41) is 0. The average molecular weight is 381 g/mol. The Hall–Kier alpha value is -2.67. The number of ketones is 1. The van der Waals surface area contributed by atoms with E-state index >= 15 is 0 Å². The van der Waals surface area contributed by atoms with Crippen LogP contribution in [0.5, 0.6) is 11.5 Å². The van der Waals surface area contributed by atoms with Crippen LogP contribution in [0.15, 0.2) is 24.4 Å². The first kappa shape index (κ1) is 17.4. The number of hydrogen-bond acceptors (Lipinski definition) is 6. The molecular formula is C21H25N4O3+. The third kappa shape index (κ3) is 3.30. The predicted octanol–water partition coefficient (Wildman–Crippen LogP) is 0.875. The van der Waals surface area contributed by atoms with E-state index in [-0.39, 0.29) is 5.78 Å². The van der Waals surface area contributed by atoms with Crippen LogP contribution in [-0.4, -0.2) is 48.7 Å². The van der Waals surface area contributed by atoms with Crippen molar-refractivity contribution in [3.05, 3.63) is 41.2 Å². The molecule has 7 heteroatoms. The van der Waals surface area contributed by atoms with E-state index in [2.05, 4.69) is 28.9 Å². The lowest BCUT2D eigenvalue weighted by Gasteiger charge is -2.32. The molecule has 28 heavy (non-hydrogen) atoms. The van der Waals surface area contributed by atoms with Crippen molar-refractivity contribution in [3.8, 4) is 11.5 Å². The molecule has 5 rings (SSSR count). The van der Waals surface area contributed by atoms with Crippen molar-refractivity contribution in [3.63, 3.8) is 0 Å². The Morgan fingerprint density at radius 3 is 2.86 bits per heavy atom. The summed E-state index contributed by atoms with van der Waals surface area (Å²) in [5.41, 5.74) is 2.91. The van der Waals surface area contributed by atoms with Crippen LogP contribution in [0.2, 0.25) is 0 Å². The number of carbonyl (C=O) groups excluding carboxylic acids is 1. The van der Waals surface area contributed by atoms with Gasteiger partial charge < -0.3 is 19.3 Å². The van der Waals surface area contributed by atoms with E-state index < -0.39 is 0 Å². The highest BCUT2D eigenvalue weighted by molar-refractivity contribution is 5.98. The number of anilines is 1. The highest BCUT2D eigenvalue weighted by Crippen LogP contribution is 2.32. The maximum Gasteiger partial charge on any atom is 0.231 e. The van der Waals surface area contributed by atoms with Crippen molar-refractivity contribution in [2.24, 2.45) is 5.92 Å². The molecule has 0 amide bonds. The molecule has 3 heterocycles. The number of ether oxygens (including phenoxy) is 2. The molecule has 1 fully saturated rings. The molecule has 7 nitrogen and oxygen atoms in total. The van der Waals surface area contributed by atoms with Gasteiger partial charge in [0.15, 0.2) is 17.3 Å². The zero-order chi connectivity index (χ0) is 19.1. The Balaban J connectivity index is 1.23. The van der Waals surface area contributed by atoms with E-state index in [0.29, 0.717) is 24.7 Å². The molecular weight excluding hydrogens is 356 g/mol. The fraction of sp³-hybridized carbons (Fsp3) is 0.476. The van der Waals surface area contributed by atoms with E-state index in [4.69, 9.17) is 14.5 Å². The quantitative estimate of drug-likeness (QED) is 0.851. The summed E-state index contributed by atoms with van der Waals surface area (Å²) in [4.78, 5) is 25.2. The van der Waals surface area contributed by atoms with E-state index in [0.717, 1.165) is 62.3 Å². The highest BCUT2D eigenvalue weighted by atomic mass is 16.7. The second kappa shape index (κ2) is 7.05. The van der Waals surface area contributed by atoms with Gasteiger partial charge in [0.2, 0.25) is 12.7 Å². The van der Waals surface area contributed by atoms with Crippen molar-refractivity contribution in [2.75, 3.05) is 37.9 Å². The van der Waals surface area contributed by atoms with Crippen LogP contribution in [0, 0.1) is 5.92 Å². The first-order chi connectivity index (χ1) is 13.7. The topological polar surface area (TPSA) is 69.0 Å². The monoisotopic (exact) mass is 381 g/mol. The zero-order valence-electron chi connectivity index (χ0n) is 16.1. The van der Waals surface area contributed by atoms with Gasteiger partial charge in [0.25, 0.3) is 0 Å². The van der Waals surface area contributed by atoms with E-state index in [1.807, 2.05) is 6.07 Å². The van der Waals surface area contributed by atoms with Crippen molar-refractivity contribution >= 4 is 11.7 Å². The summed E-state index contributed by atoms with van der Waals surface area (Å²) in [6, 6.07) is 6.21. The van der Waals surface area contributed by atoms with Gasteiger partial charge in [-0.05, 0) is 30.5 Å².